The summed E-state index contributed by atoms with van der Waals surface area (Å²) >= 11 is 0. The number of ether oxygens (including phenoxy) is 2. The molecule has 0 aromatic carbocycles. The highest BCUT2D eigenvalue weighted by atomic mass is 16.5. The minimum Gasteiger partial charge on any atom is -0.465 e. The number of aryl methyl sites for hydroxylation is 1. The molecule has 0 bridgehead atoms. The molecule has 7 nitrogen and oxygen atoms in total. The Morgan fingerprint density at radius 3 is 2.85 bits per heavy atom. The fraction of sp³-hybridized carbons (Fsp3) is 0.615. The van der Waals surface area contributed by atoms with Gasteiger partial charge in [-0.3, -0.25) is 19.1 Å². The summed E-state index contributed by atoms with van der Waals surface area (Å²) in [6.45, 7) is 3.76. The SMILES string of the molecule is CC(=O)OCC1CCC(n2cc(C)c(=O)[nH]c2=O)OC1. The van der Waals surface area contributed by atoms with Gasteiger partial charge < -0.3 is 9.47 Å². The molecule has 0 aliphatic carbocycles. The summed E-state index contributed by atoms with van der Waals surface area (Å²) in [5, 5.41) is 0. The largest absolute Gasteiger partial charge is 0.465 e. The number of aromatic nitrogens is 2. The Morgan fingerprint density at radius 1 is 1.50 bits per heavy atom. The van der Waals surface area contributed by atoms with Crippen molar-refractivity contribution in [3.63, 3.8) is 0 Å². The monoisotopic (exact) mass is 282 g/mol. The Balaban J connectivity index is 2.00. The number of H-pyrrole nitrogens is 1. The zero-order chi connectivity index (χ0) is 14.7. The average Bonchev–Trinajstić information content (AvgIpc) is 2.41. The van der Waals surface area contributed by atoms with Crippen LogP contribution in [-0.2, 0) is 14.3 Å². The molecule has 1 fully saturated rings. The maximum atomic E-state index is 11.7. The van der Waals surface area contributed by atoms with Crippen LogP contribution in [-0.4, -0.2) is 28.7 Å². The van der Waals surface area contributed by atoms with Crippen LogP contribution in [0.5, 0.6) is 0 Å². The van der Waals surface area contributed by atoms with Gasteiger partial charge in [0.1, 0.15) is 6.23 Å². The molecule has 0 radical (unpaired) electrons. The molecule has 1 aromatic rings. The van der Waals surface area contributed by atoms with Gasteiger partial charge in [0.05, 0.1) is 13.2 Å². The number of esters is 1. The van der Waals surface area contributed by atoms with Crippen LogP contribution in [0.4, 0.5) is 0 Å². The van der Waals surface area contributed by atoms with Crippen molar-refractivity contribution >= 4 is 5.97 Å². The second kappa shape index (κ2) is 6.04. The summed E-state index contributed by atoms with van der Waals surface area (Å²) in [5.74, 6) is -0.158. The van der Waals surface area contributed by atoms with Crippen LogP contribution in [0.1, 0.15) is 31.6 Å². The van der Waals surface area contributed by atoms with Crippen molar-refractivity contribution in [2.45, 2.75) is 32.9 Å². The van der Waals surface area contributed by atoms with Crippen LogP contribution in [0.25, 0.3) is 0 Å². The lowest BCUT2D eigenvalue weighted by molar-refractivity contribution is -0.145. The van der Waals surface area contributed by atoms with Gasteiger partial charge in [-0.05, 0) is 19.8 Å². The van der Waals surface area contributed by atoms with E-state index in [1.807, 2.05) is 0 Å². The number of hydrogen-bond acceptors (Lipinski definition) is 5. The van der Waals surface area contributed by atoms with Crippen LogP contribution in [0.2, 0.25) is 0 Å². The number of aromatic amines is 1. The summed E-state index contributed by atoms with van der Waals surface area (Å²) < 4.78 is 12.0. The quantitative estimate of drug-likeness (QED) is 0.807. The maximum absolute atomic E-state index is 11.7. The van der Waals surface area contributed by atoms with Crippen LogP contribution >= 0.6 is 0 Å². The molecule has 1 aliphatic heterocycles. The molecule has 2 atom stereocenters. The fourth-order valence-electron chi connectivity index (χ4n) is 2.18. The number of carbonyl (C=O) groups is 1. The van der Waals surface area contributed by atoms with E-state index in [-0.39, 0.29) is 23.7 Å². The third-order valence-electron chi connectivity index (χ3n) is 3.32. The summed E-state index contributed by atoms with van der Waals surface area (Å²) in [6, 6.07) is 0. The summed E-state index contributed by atoms with van der Waals surface area (Å²) in [5.41, 5.74) is -0.380. The van der Waals surface area contributed by atoms with Gasteiger partial charge in [0.25, 0.3) is 5.56 Å². The Bertz CT molecular complexity index is 596. The van der Waals surface area contributed by atoms with Crippen molar-refractivity contribution < 1.29 is 14.3 Å². The molecule has 0 spiro atoms. The van der Waals surface area contributed by atoms with Crippen LogP contribution in [0.15, 0.2) is 15.8 Å². The molecular formula is C13H18N2O5. The molecule has 1 saturated heterocycles. The highest BCUT2D eigenvalue weighted by Crippen LogP contribution is 2.25. The van der Waals surface area contributed by atoms with Gasteiger partial charge in [-0.15, -0.1) is 0 Å². The molecule has 1 aliphatic rings. The maximum Gasteiger partial charge on any atom is 0.330 e. The number of hydrogen-bond donors (Lipinski definition) is 1. The summed E-state index contributed by atoms with van der Waals surface area (Å²) in [4.78, 5) is 36.1. The second-order valence-corrected chi connectivity index (χ2v) is 5.01. The molecular weight excluding hydrogens is 264 g/mol. The van der Waals surface area contributed by atoms with Crippen molar-refractivity contribution in [2.24, 2.45) is 5.92 Å². The predicted molar refractivity (Wildman–Crippen MR) is 70.4 cm³/mol. The molecule has 110 valence electrons. The topological polar surface area (TPSA) is 90.4 Å². The van der Waals surface area contributed by atoms with Gasteiger partial charge >= 0.3 is 11.7 Å². The van der Waals surface area contributed by atoms with Gasteiger partial charge in [-0.25, -0.2) is 4.79 Å². The van der Waals surface area contributed by atoms with Gasteiger partial charge in [-0.2, -0.15) is 0 Å². The van der Waals surface area contributed by atoms with Crippen molar-refractivity contribution in [1.82, 2.24) is 9.55 Å². The smallest absolute Gasteiger partial charge is 0.330 e. The fourth-order valence-corrected chi connectivity index (χ4v) is 2.18. The lowest BCUT2D eigenvalue weighted by atomic mass is 10.0. The van der Waals surface area contributed by atoms with E-state index in [0.717, 1.165) is 6.42 Å². The van der Waals surface area contributed by atoms with Gasteiger partial charge in [0, 0.05) is 24.6 Å². The van der Waals surface area contributed by atoms with E-state index in [1.165, 1.54) is 17.7 Å². The first kappa shape index (κ1) is 14.5. The molecule has 2 unspecified atom stereocenters. The van der Waals surface area contributed by atoms with Crippen molar-refractivity contribution in [3.05, 3.63) is 32.6 Å². The van der Waals surface area contributed by atoms with Crippen molar-refractivity contribution in [3.8, 4) is 0 Å². The summed E-state index contributed by atoms with van der Waals surface area (Å²) in [7, 11) is 0. The minimum atomic E-state index is -0.468. The first-order valence-electron chi connectivity index (χ1n) is 6.54. The van der Waals surface area contributed by atoms with Gasteiger partial charge in [0.15, 0.2) is 0 Å². The van der Waals surface area contributed by atoms with Gasteiger partial charge in [-0.1, -0.05) is 0 Å². The second-order valence-electron chi connectivity index (χ2n) is 5.01. The van der Waals surface area contributed by atoms with E-state index in [9.17, 15) is 14.4 Å². The van der Waals surface area contributed by atoms with E-state index >= 15 is 0 Å². The molecule has 0 saturated carbocycles. The minimum absolute atomic E-state index is 0.148. The van der Waals surface area contributed by atoms with E-state index < -0.39 is 5.69 Å². The van der Waals surface area contributed by atoms with Crippen LogP contribution in [0, 0.1) is 12.8 Å². The Hall–Kier alpha value is -1.89. The molecule has 1 aromatic heterocycles. The normalized spacial score (nSPS) is 22.5. The zero-order valence-electron chi connectivity index (χ0n) is 11.5. The first-order chi connectivity index (χ1) is 9.47. The molecule has 0 amide bonds. The molecule has 7 heteroatoms. The highest BCUT2D eigenvalue weighted by molar-refractivity contribution is 5.65. The number of nitrogens with one attached hydrogen (secondary N) is 1. The Kier molecular flexibility index (Phi) is 4.39. The number of rotatable bonds is 3. The van der Waals surface area contributed by atoms with Gasteiger partial charge in [0.2, 0.25) is 0 Å². The zero-order valence-corrected chi connectivity index (χ0v) is 11.5. The molecule has 20 heavy (non-hydrogen) atoms. The predicted octanol–water partition coefficient (Wildman–Crippen LogP) is 0.333. The lowest BCUT2D eigenvalue weighted by Crippen LogP contribution is -2.37. The summed E-state index contributed by atoms with van der Waals surface area (Å²) in [6.07, 6.45) is 2.56. The lowest BCUT2D eigenvalue weighted by Gasteiger charge is -2.29. The third-order valence-corrected chi connectivity index (χ3v) is 3.32. The molecule has 2 rings (SSSR count). The van der Waals surface area contributed by atoms with E-state index in [2.05, 4.69) is 4.98 Å². The van der Waals surface area contributed by atoms with Crippen LogP contribution < -0.4 is 11.2 Å². The highest BCUT2D eigenvalue weighted by Gasteiger charge is 2.24. The Labute approximate surface area is 115 Å². The standard InChI is InChI=1S/C13H18N2O5/c1-8-5-15(13(18)14-12(8)17)11-4-3-10(7-20-11)6-19-9(2)16/h5,10-11H,3-4,6-7H2,1-2H3,(H,14,17,18). The number of nitrogens with zero attached hydrogens (tertiary/aromatic N) is 1. The van der Waals surface area contributed by atoms with E-state index in [0.29, 0.717) is 25.2 Å². The van der Waals surface area contributed by atoms with Crippen LogP contribution in [0.3, 0.4) is 0 Å². The average molecular weight is 282 g/mol. The molecule has 1 N–H and O–H groups in total. The first-order valence-corrected chi connectivity index (χ1v) is 6.54. The van der Waals surface area contributed by atoms with Crippen molar-refractivity contribution in [1.29, 1.82) is 0 Å². The third kappa shape index (κ3) is 3.36. The Morgan fingerprint density at radius 2 is 2.25 bits per heavy atom. The van der Waals surface area contributed by atoms with E-state index in [1.54, 1.807) is 6.92 Å². The molecule has 2 heterocycles. The van der Waals surface area contributed by atoms with Crippen molar-refractivity contribution in [2.75, 3.05) is 13.2 Å². The number of carbonyl (C=O) groups excluding carboxylic acids is 1. The van der Waals surface area contributed by atoms with E-state index in [4.69, 9.17) is 9.47 Å².